The summed E-state index contributed by atoms with van der Waals surface area (Å²) in [5.74, 6) is -1.34. The maximum Gasteiger partial charge on any atom is 0.344 e. The molecule has 3 aromatic carbocycles. The van der Waals surface area contributed by atoms with E-state index in [0.717, 1.165) is 27.7 Å². The lowest BCUT2D eigenvalue weighted by Crippen LogP contribution is -2.26. The summed E-state index contributed by atoms with van der Waals surface area (Å²) in [6, 6.07) is 16.7. The van der Waals surface area contributed by atoms with Gasteiger partial charge in [-0.2, -0.15) is 0 Å². The number of aliphatic carboxylic acids is 1. The Balaban J connectivity index is 1.59. The number of nitrogens with zero attached hydrogens (tertiary/aromatic N) is 1. The number of hydrogen-bond acceptors (Lipinski definition) is 3. The van der Waals surface area contributed by atoms with Crippen molar-refractivity contribution in [2.75, 3.05) is 0 Å². The van der Waals surface area contributed by atoms with Crippen LogP contribution in [-0.2, 0) is 18.3 Å². The molecule has 0 aliphatic carbocycles. The van der Waals surface area contributed by atoms with Crippen LogP contribution in [0.4, 0.5) is 4.39 Å². The van der Waals surface area contributed by atoms with Crippen molar-refractivity contribution in [3.8, 4) is 5.75 Å². The van der Waals surface area contributed by atoms with Crippen LogP contribution in [0.5, 0.6) is 5.75 Å². The highest BCUT2D eigenvalue weighted by molar-refractivity contribution is 6.32. The number of aromatic nitrogens is 1. The van der Waals surface area contributed by atoms with Crippen LogP contribution in [0.3, 0.4) is 0 Å². The lowest BCUT2D eigenvalue weighted by molar-refractivity contribution is -0.144. The van der Waals surface area contributed by atoms with E-state index < -0.39 is 12.1 Å². The molecule has 2 N–H and O–H groups in total. The maximum atomic E-state index is 13.6. The van der Waals surface area contributed by atoms with E-state index in [0.29, 0.717) is 28.3 Å². The first-order valence-electron chi connectivity index (χ1n) is 11.9. The number of amides is 1. The molecule has 0 bridgehead atoms. The molecule has 0 fully saturated rings. The van der Waals surface area contributed by atoms with E-state index in [4.69, 9.17) is 21.4 Å². The Morgan fingerprint density at radius 3 is 2.57 bits per heavy atom. The summed E-state index contributed by atoms with van der Waals surface area (Å²) in [6.45, 7) is 5.28. The van der Waals surface area contributed by atoms with E-state index in [1.54, 1.807) is 30.3 Å². The number of aryl methyl sites for hydroxylation is 1. The molecule has 192 valence electrons. The van der Waals surface area contributed by atoms with Gasteiger partial charge in [0.2, 0.25) is 0 Å². The van der Waals surface area contributed by atoms with Crippen molar-refractivity contribution in [2.45, 2.75) is 39.3 Å². The van der Waals surface area contributed by atoms with Crippen LogP contribution in [0.2, 0.25) is 5.02 Å². The van der Waals surface area contributed by atoms with Crippen molar-refractivity contribution in [1.29, 1.82) is 0 Å². The fourth-order valence-corrected chi connectivity index (χ4v) is 4.50. The Labute approximate surface area is 219 Å². The highest BCUT2D eigenvalue weighted by Crippen LogP contribution is 2.32. The molecule has 0 saturated heterocycles. The number of halogens is 2. The number of carboxylic acids is 1. The molecule has 0 unspecified atom stereocenters. The van der Waals surface area contributed by atoms with Gasteiger partial charge in [-0.1, -0.05) is 35.9 Å². The van der Waals surface area contributed by atoms with Crippen molar-refractivity contribution in [3.05, 3.63) is 99.5 Å². The molecule has 2 atom stereocenters. The number of fused-ring (bicyclic) bond motifs is 1. The zero-order valence-electron chi connectivity index (χ0n) is 21.0. The van der Waals surface area contributed by atoms with E-state index >= 15 is 0 Å². The molecule has 0 aliphatic rings. The van der Waals surface area contributed by atoms with Gasteiger partial charge in [-0.05, 0) is 80.3 Å². The van der Waals surface area contributed by atoms with Crippen LogP contribution in [-0.4, -0.2) is 27.7 Å². The quantitative estimate of drug-likeness (QED) is 0.288. The highest BCUT2D eigenvalue weighted by Gasteiger charge is 2.19. The standard InChI is InChI=1S/C29H28ClFN2O4/c1-16(20-6-5-7-22(31)14-20)32-28(34)21-9-10-23-24(17(2)33(4)26(23)15-21)12-19-8-11-25(30)27(13-19)37-18(3)29(35)36/h5-11,13-16,18H,12H2,1-4H3,(H,32,34)(H,35,36)/t16-,18+/m0/s1. The van der Waals surface area contributed by atoms with Gasteiger partial charge < -0.3 is 19.7 Å². The summed E-state index contributed by atoms with van der Waals surface area (Å²) in [5.41, 5.74) is 5.14. The van der Waals surface area contributed by atoms with Crippen LogP contribution in [0.25, 0.3) is 10.9 Å². The molecule has 8 heteroatoms. The van der Waals surface area contributed by atoms with Gasteiger partial charge in [0.15, 0.2) is 6.10 Å². The van der Waals surface area contributed by atoms with Gasteiger partial charge in [0.1, 0.15) is 11.6 Å². The molecule has 0 aliphatic heterocycles. The molecule has 4 rings (SSSR count). The maximum absolute atomic E-state index is 13.6. The SMILES string of the molecule is Cc1c(Cc2ccc(Cl)c(O[C@H](C)C(=O)O)c2)c2ccc(C(=O)N[C@@H](C)c3cccc(F)c3)cc2n1C. The second kappa shape index (κ2) is 10.6. The normalized spacial score (nSPS) is 12.8. The van der Waals surface area contributed by atoms with E-state index in [-0.39, 0.29) is 17.8 Å². The van der Waals surface area contributed by atoms with E-state index in [2.05, 4.69) is 5.32 Å². The summed E-state index contributed by atoms with van der Waals surface area (Å²) in [6.07, 6.45) is -0.458. The van der Waals surface area contributed by atoms with Crippen LogP contribution >= 0.6 is 11.6 Å². The first-order valence-corrected chi connectivity index (χ1v) is 12.2. The van der Waals surface area contributed by atoms with Gasteiger partial charge >= 0.3 is 5.97 Å². The molecule has 1 aromatic heterocycles. The number of ether oxygens (including phenoxy) is 1. The first-order chi connectivity index (χ1) is 17.5. The number of carbonyl (C=O) groups is 2. The second-order valence-electron chi connectivity index (χ2n) is 9.14. The second-order valence-corrected chi connectivity index (χ2v) is 9.55. The van der Waals surface area contributed by atoms with Gasteiger partial charge in [-0.25, -0.2) is 9.18 Å². The Morgan fingerprint density at radius 2 is 1.86 bits per heavy atom. The monoisotopic (exact) mass is 522 g/mol. The minimum Gasteiger partial charge on any atom is -0.479 e. The van der Waals surface area contributed by atoms with Crippen LogP contribution < -0.4 is 10.1 Å². The minimum atomic E-state index is -1.07. The number of rotatable bonds is 8. The molecule has 1 amide bonds. The smallest absolute Gasteiger partial charge is 0.344 e. The third-order valence-electron chi connectivity index (χ3n) is 6.61. The molecular weight excluding hydrogens is 495 g/mol. The van der Waals surface area contributed by atoms with Gasteiger partial charge in [0, 0.05) is 29.2 Å². The van der Waals surface area contributed by atoms with Crippen LogP contribution in [0, 0.1) is 12.7 Å². The lowest BCUT2D eigenvalue weighted by atomic mass is 10.0. The third-order valence-corrected chi connectivity index (χ3v) is 6.92. The molecule has 37 heavy (non-hydrogen) atoms. The molecule has 1 heterocycles. The predicted octanol–water partition coefficient (Wildman–Crippen LogP) is 6.21. The predicted molar refractivity (Wildman–Crippen MR) is 142 cm³/mol. The Hall–Kier alpha value is -3.84. The number of hydrogen-bond donors (Lipinski definition) is 2. The average Bonchev–Trinajstić information content (AvgIpc) is 3.10. The van der Waals surface area contributed by atoms with Gasteiger partial charge in [-0.3, -0.25) is 4.79 Å². The fourth-order valence-electron chi connectivity index (χ4n) is 4.34. The van der Waals surface area contributed by atoms with Gasteiger partial charge in [0.25, 0.3) is 5.91 Å². The zero-order chi connectivity index (χ0) is 26.9. The van der Waals surface area contributed by atoms with Crippen molar-refractivity contribution in [2.24, 2.45) is 7.05 Å². The molecule has 0 spiro atoms. The number of carboxylic acid groups (broad SMARTS) is 1. The topological polar surface area (TPSA) is 80.6 Å². The summed E-state index contributed by atoms with van der Waals surface area (Å²) in [7, 11) is 1.95. The summed E-state index contributed by atoms with van der Waals surface area (Å²) in [5, 5.41) is 13.4. The van der Waals surface area contributed by atoms with Crippen molar-refractivity contribution in [1.82, 2.24) is 9.88 Å². The molecule has 4 aromatic rings. The molecular formula is C29H28ClFN2O4. The van der Waals surface area contributed by atoms with Crippen molar-refractivity contribution in [3.63, 3.8) is 0 Å². The largest absolute Gasteiger partial charge is 0.479 e. The minimum absolute atomic E-state index is 0.244. The van der Waals surface area contributed by atoms with Crippen LogP contribution in [0.15, 0.2) is 60.7 Å². The summed E-state index contributed by atoms with van der Waals surface area (Å²) in [4.78, 5) is 24.2. The molecule has 0 radical (unpaired) electrons. The molecule has 6 nitrogen and oxygen atoms in total. The molecule has 0 saturated carbocycles. The number of nitrogens with one attached hydrogen (secondary N) is 1. The van der Waals surface area contributed by atoms with E-state index in [1.807, 2.05) is 43.7 Å². The lowest BCUT2D eigenvalue weighted by Gasteiger charge is -2.15. The Bertz CT molecular complexity index is 1500. The van der Waals surface area contributed by atoms with Crippen molar-refractivity contribution < 1.29 is 23.8 Å². The Kier molecular flexibility index (Phi) is 7.55. The van der Waals surface area contributed by atoms with Gasteiger partial charge in [0.05, 0.1) is 11.1 Å². The Morgan fingerprint density at radius 1 is 1.11 bits per heavy atom. The number of carbonyl (C=O) groups excluding carboxylic acids is 1. The van der Waals surface area contributed by atoms with Gasteiger partial charge in [-0.15, -0.1) is 0 Å². The average molecular weight is 523 g/mol. The summed E-state index contributed by atoms with van der Waals surface area (Å²) < 4.78 is 21.1. The van der Waals surface area contributed by atoms with E-state index in [9.17, 15) is 14.0 Å². The third kappa shape index (κ3) is 5.62. The van der Waals surface area contributed by atoms with Crippen molar-refractivity contribution >= 4 is 34.4 Å². The fraction of sp³-hybridized carbons (Fsp3) is 0.241. The first kappa shape index (κ1) is 26.2. The van der Waals surface area contributed by atoms with E-state index in [1.165, 1.54) is 19.1 Å². The zero-order valence-corrected chi connectivity index (χ0v) is 21.8. The number of benzene rings is 3. The van der Waals surface area contributed by atoms with Crippen LogP contribution in [0.1, 0.15) is 52.6 Å². The highest BCUT2D eigenvalue weighted by atomic mass is 35.5. The summed E-state index contributed by atoms with van der Waals surface area (Å²) >= 11 is 6.23.